The van der Waals surface area contributed by atoms with Crippen LogP contribution in [-0.4, -0.2) is 4.57 Å². The Balaban J connectivity index is 1.05. The number of hydrogen-bond donors (Lipinski definition) is 0. The van der Waals surface area contributed by atoms with Crippen molar-refractivity contribution in [2.45, 2.75) is 5.41 Å². The Hall–Kier alpha value is -7.93. The first-order valence-electron chi connectivity index (χ1n) is 20.0. The molecule has 0 bridgehead atoms. The number of para-hydroxylation sites is 2. The van der Waals surface area contributed by atoms with Gasteiger partial charge in [-0.3, -0.25) is 0 Å². The molecule has 11 rings (SSSR count). The molecule has 0 unspecified atom stereocenters. The molecule has 0 aliphatic heterocycles. The van der Waals surface area contributed by atoms with Gasteiger partial charge in [0.05, 0.1) is 23.0 Å². The van der Waals surface area contributed by atoms with E-state index in [-0.39, 0.29) is 0 Å². The fourth-order valence-corrected chi connectivity index (χ4v) is 9.51. The molecule has 10 aromatic rings. The first-order chi connectivity index (χ1) is 29.2. The molecule has 0 fully saturated rings. The maximum atomic E-state index is 7.61. The van der Waals surface area contributed by atoms with Gasteiger partial charge in [0.1, 0.15) is 0 Å². The topological polar surface area (TPSA) is 12.5 Å². The summed E-state index contributed by atoms with van der Waals surface area (Å²) in [6.45, 7) is 7.61. The Morgan fingerprint density at radius 3 is 1.64 bits per heavy atom. The molecule has 9 aromatic carbocycles. The summed E-state index contributed by atoms with van der Waals surface area (Å²) in [5.74, 6) is 0. The third-order valence-corrected chi connectivity index (χ3v) is 12.1. The minimum atomic E-state index is -0.457. The second-order valence-electron chi connectivity index (χ2n) is 15.2. The van der Waals surface area contributed by atoms with Crippen LogP contribution in [-0.2, 0) is 5.41 Å². The maximum absolute atomic E-state index is 7.61. The lowest BCUT2D eigenvalue weighted by molar-refractivity contribution is 0.769. The predicted molar refractivity (Wildman–Crippen MR) is 244 cm³/mol. The quantitative estimate of drug-likeness (QED) is 0.148. The molecule has 0 spiro atoms. The molecule has 0 saturated heterocycles. The van der Waals surface area contributed by atoms with Gasteiger partial charge >= 0.3 is 0 Å². The van der Waals surface area contributed by atoms with Crippen LogP contribution in [0.25, 0.3) is 54.6 Å². The molecule has 1 heterocycles. The Bertz CT molecular complexity index is 3150. The summed E-state index contributed by atoms with van der Waals surface area (Å²) in [6, 6.07) is 80.6. The van der Waals surface area contributed by atoms with E-state index in [0.717, 1.165) is 33.8 Å². The average Bonchev–Trinajstić information content (AvgIpc) is 3.81. The molecule has 0 saturated carbocycles. The highest BCUT2D eigenvalue weighted by molar-refractivity contribution is 6.10. The Kier molecular flexibility index (Phi) is 8.10. The Labute approximate surface area is 344 Å². The standard InChI is InChI=1S/C56H37N3/c1-57-43-28-32-46(33-29-43)58(47-34-36-55-51(38-47)50-22-12-14-24-54(50)59(55)44-19-9-4-10-20-44)45-30-25-39(26-31-45)40-27-35-49-48-21-11-13-23-52(48)56(53(49)37-40,41-15-5-2-6-16-41)42-17-7-3-8-18-42/h2-38H. The summed E-state index contributed by atoms with van der Waals surface area (Å²) in [7, 11) is 0. The van der Waals surface area contributed by atoms with Crippen LogP contribution >= 0.6 is 0 Å². The van der Waals surface area contributed by atoms with Crippen molar-refractivity contribution < 1.29 is 0 Å². The Morgan fingerprint density at radius 2 is 0.949 bits per heavy atom. The molecule has 0 N–H and O–H groups in total. The van der Waals surface area contributed by atoms with Gasteiger partial charge in [0.2, 0.25) is 0 Å². The minimum absolute atomic E-state index is 0.457. The number of rotatable bonds is 7. The lowest BCUT2D eigenvalue weighted by Crippen LogP contribution is -2.28. The van der Waals surface area contributed by atoms with Crippen molar-refractivity contribution in [3.63, 3.8) is 0 Å². The van der Waals surface area contributed by atoms with Crippen LogP contribution < -0.4 is 4.90 Å². The van der Waals surface area contributed by atoms with Gasteiger partial charge in [-0.2, -0.15) is 0 Å². The zero-order valence-corrected chi connectivity index (χ0v) is 32.2. The smallest absolute Gasteiger partial charge is 0.187 e. The number of hydrogen-bond acceptors (Lipinski definition) is 1. The molecule has 3 nitrogen and oxygen atoms in total. The first kappa shape index (κ1) is 34.3. The van der Waals surface area contributed by atoms with Gasteiger partial charge in [0, 0.05) is 33.5 Å². The second kappa shape index (κ2) is 13.9. The van der Waals surface area contributed by atoms with Crippen LogP contribution in [0.5, 0.6) is 0 Å². The third-order valence-electron chi connectivity index (χ3n) is 12.1. The van der Waals surface area contributed by atoms with Crippen molar-refractivity contribution in [2.75, 3.05) is 4.90 Å². The number of benzene rings is 9. The lowest BCUT2D eigenvalue weighted by Gasteiger charge is -2.34. The van der Waals surface area contributed by atoms with E-state index in [1.165, 1.54) is 55.2 Å². The first-order valence-corrected chi connectivity index (χ1v) is 20.0. The summed E-state index contributed by atoms with van der Waals surface area (Å²) >= 11 is 0. The highest BCUT2D eigenvalue weighted by Crippen LogP contribution is 2.56. The van der Waals surface area contributed by atoms with Crippen molar-refractivity contribution in [3.8, 4) is 27.9 Å². The van der Waals surface area contributed by atoms with E-state index in [1.807, 2.05) is 24.3 Å². The van der Waals surface area contributed by atoms with Crippen LogP contribution in [0.3, 0.4) is 0 Å². The maximum Gasteiger partial charge on any atom is 0.187 e. The van der Waals surface area contributed by atoms with E-state index in [0.29, 0.717) is 5.69 Å². The van der Waals surface area contributed by atoms with Crippen molar-refractivity contribution in [1.82, 2.24) is 4.57 Å². The Morgan fingerprint density at radius 1 is 0.407 bits per heavy atom. The van der Waals surface area contributed by atoms with Crippen LogP contribution in [0.1, 0.15) is 22.3 Å². The van der Waals surface area contributed by atoms with Gasteiger partial charge in [-0.15, -0.1) is 0 Å². The molecule has 276 valence electrons. The number of aromatic nitrogens is 1. The minimum Gasteiger partial charge on any atom is -0.311 e. The highest BCUT2D eigenvalue weighted by atomic mass is 15.1. The number of nitrogens with zero attached hydrogens (tertiary/aromatic N) is 3. The van der Waals surface area contributed by atoms with Crippen LogP contribution in [0.4, 0.5) is 22.7 Å². The molecule has 0 radical (unpaired) electrons. The SMILES string of the molecule is [C-]#[N+]c1ccc(N(c2ccc(-c3ccc4c(c3)C(c3ccccc3)(c3ccccc3)c3ccccc3-4)cc2)c2ccc3c(c2)c2ccccc2n3-c2ccccc2)cc1. The monoisotopic (exact) mass is 751 g/mol. The van der Waals surface area contributed by atoms with Gasteiger partial charge in [-0.05, 0) is 111 Å². The fraction of sp³-hybridized carbons (Fsp3) is 0.0179. The molecule has 1 aromatic heterocycles. The van der Waals surface area contributed by atoms with E-state index >= 15 is 0 Å². The molecule has 0 atom stereocenters. The molecule has 0 amide bonds. The summed E-state index contributed by atoms with van der Waals surface area (Å²) in [5.41, 5.74) is 16.7. The van der Waals surface area contributed by atoms with Gasteiger partial charge in [-0.25, -0.2) is 4.85 Å². The van der Waals surface area contributed by atoms with E-state index < -0.39 is 5.41 Å². The molecule has 59 heavy (non-hydrogen) atoms. The van der Waals surface area contributed by atoms with E-state index in [1.54, 1.807) is 0 Å². The molecule has 1 aliphatic rings. The second-order valence-corrected chi connectivity index (χ2v) is 15.2. The molecular formula is C56H37N3. The van der Waals surface area contributed by atoms with Crippen molar-refractivity contribution >= 4 is 44.6 Å². The molecular weight excluding hydrogens is 715 g/mol. The van der Waals surface area contributed by atoms with Crippen molar-refractivity contribution in [2.24, 2.45) is 0 Å². The summed E-state index contributed by atoms with van der Waals surface area (Å²) in [6.07, 6.45) is 0. The largest absolute Gasteiger partial charge is 0.311 e. The normalized spacial score (nSPS) is 12.5. The van der Waals surface area contributed by atoms with Gasteiger partial charge in [-0.1, -0.05) is 158 Å². The van der Waals surface area contributed by atoms with Gasteiger partial charge in [0.25, 0.3) is 0 Å². The molecule has 3 heteroatoms. The third kappa shape index (κ3) is 5.42. The lowest BCUT2D eigenvalue weighted by atomic mass is 9.67. The van der Waals surface area contributed by atoms with Crippen LogP contribution in [0, 0.1) is 6.57 Å². The predicted octanol–water partition coefficient (Wildman–Crippen LogP) is 14.8. The van der Waals surface area contributed by atoms with Gasteiger partial charge < -0.3 is 9.47 Å². The van der Waals surface area contributed by atoms with E-state index in [4.69, 9.17) is 6.57 Å². The highest BCUT2D eigenvalue weighted by Gasteiger charge is 2.46. The summed E-state index contributed by atoms with van der Waals surface area (Å²) < 4.78 is 2.34. The van der Waals surface area contributed by atoms with E-state index in [9.17, 15) is 0 Å². The summed E-state index contributed by atoms with van der Waals surface area (Å²) in [5, 5.41) is 2.38. The van der Waals surface area contributed by atoms with Crippen LogP contribution in [0.2, 0.25) is 0 Å². The number of fused-ring (bicyclic) bond motifs is 6. The zero-order valence-electron chi connectivity index (χ0n) is 32.2. The fourth-order valence-electron chi connectivity index (χ4n) is 9.51. The molecule has 1 aliphatic carbocycles. The van der Waals surface area contributed by atoms with Gasteiger partial charge in [0.15, 0.2) is 5.69 Å². The number of anilines is 3. The zero-order chi connectivity index (χ0) is 39.3. The average molecular weight is 752 g/mol. The van der Waals surface area contributed by atoms with Crippen molar-refractivity contribution in [1.29, 1.82) is 0 Å². The van der Waals surface area contributed by atoms with Crippen molar-refractivity contribution in [3.05, 3.63) is 258 Å². The summed E-state index contributed by atoms with van der Waals surface area (Å²) in [4.78, 5) is 5.98. The van der Waals surface area contributed by atoms with E-state index in [2.05, 4.69) is 215 Å². The van der Waals surface area contributed by atoms with Crippen LogP contribution in [0.15, 0.2) is 224 Å².